The second kappa shape index (κ2) is 8.16. The maximum absolute atomic E-state index is 12.4. The number of methoxy groups -OCH3 is 1. The molecule has 1 aromatic carbocycles. The molecule has 0 bridgehead atoms. The van der Waals surface area contributed by atoms with Crippen molar-refractivity contribution in [1.29, 1.82) is 0 Å². The summed E-state index contributed by atoms with van der Waals surface area (Å²) in [4.78, 5) is 24.9. The van der Waals surface area contributed by atoms with Gasteiger partial charge in [0, 0.05) is 13.0 Å². The summed E-state index contributed by atoms with van der Waals surface area (Å²) < 4.78 is 5.51. The van der Waals surface area contributed by atoms with Crippen molar-refractivity contribution in [2.75, 3.05) is 13.7 Å². The van der Waals surface area contributed by atoms with Crippen molar-refractivity contribution in [2.45, 2.75) is 19.3 Å². The number of rotatable bonds is 7. The van der Waals surface area contributed by atoms with Gasteiger partial charge >= 0.3 is 5.97 Å². The van der Waals surface area contributed by atoms with Gasteiger partial charge in [-0.1, -0.05) is 30.0 Å². The van der Waals surface area contributed by atoms with E-state index in [4.69, 9.17) is 22.1 Å². The zero-order valence-electron chi connectivity index (χ0n) is 13.0. The van der Waals surface area contributed by atoms with Gasteiger partial charge in [-0.2, -0.15) is 0 Å². The summed E-state index contributed by atoms with van der Waals surface area (Å²) >= 11 is 6.44. The highest BCUT2D eigenvalue weighted by Crippen LogP contribution is 2.34. The number of carboxylic acids is 1. The van der Waals surface area contributed by atoms with Crippen LogP contribution in [0.3, 0.4) is 0 Å². The van der Waals surface area contributed by atoms with Crippen molar-refractivity contribution in [3.63, 3.8) is 0 Å². The smallest absolute Gasteiger partial charge is 0.303 e. The molecule has 1 aromatic rings. The van der Waals surface area contributed by atoms with Crippen molar-refractivity contribution in [1.82, 2.24) is 4.90 Å². The maximum atomic E-state index is 12.4. The fraction of sp³-hybridized carbons (Fsp3) is 0.312. The first-order chi connectivity index (χ1) is 11.4. The SMILES string of the molecule is COc1cc(/C=C2/SC(=S)N(CCCCC(=O)O)C2=O)ccc1O. The van der Waals surface area contributed by atoms with Crippen molar-refractivity contribution in [3.05, 3.63) is 28.7 Å². The first kappa shape index (κ1) is 18.3. The average Bonchev–Trinajstić information content (AvgIpc) is 2.80. The highest BCUT2D eigenvalue weighted by Gasteiger charge is 2.31. The van der Waals surface area contributed by atoms with Gasteiger partial charge in [-0.05, 0) is 36.6 Å². The van der Waals surface area contributed by atoms with E-state index in [1.54, 1.807) is 18.2 Å². The molecule has 0 unspecified atom stereocenters. The average molecular weight is 367 g/mol. The quantitative estimate of drug-likeness (QED) is 0.435. The Bertz CT molecular complexity index is 702. The van der Waals surface area contributed by atoms with Gasteiger partial charge in [-0.3, -0.25) is 14.5 Å². The number of nitrogens with zero attached hydrogens (tertiary/aromatic N) is 1. The van der Waals surface area contributed by atoms with Crippen LogP contribution in [0.1, 0.15) is 24.8 Å². The number of thiocarbonyl (C=S) groups is 1. The van der Waals surface area contributed by atoms with Crippen molar-refractivity contribution >= 4 is 46.3 Å². The van der Waals surface area contributed by atoms with Crippen LogP contribution in [0.2, 0.25) is 0 Å². The third-order valence-electron chi connectivity index (χ3n) is 3.40. The number of benzene rings is 1. The molecule has 1 aliphatic heterocycles. The summed E-state index contributed by atoms with van der Waals surface area (Å²) in [6.07, 6.45) is 2.86. The van der Waals surface area contributed by atoms with E-state index in [1.807, 2.05) is 0 Å². The Kier molecular flexibility index (Phi) is 6.22. The second-order valence-electron chi connectivity index (χ2n) is 5.12. The van der Waals surface area contributed by atoms with E-state index >= 15 is 0 Å². The zero-order valence-corrected chi connectivity index (χ0v) is 14.7. The Morgan fingerprint density at radius 1 is 1.42 bits per heavy atom. The Morgan fingerprint density at radius 3 is 2.83 bits per heavy atom. The summed E-state index contributed by atoms with van der Waals surface area (Å²) in [5.74, 6) is -0.678. The number of hydrogen-bond acceptors (Lipinski definition) is 6. The molecule has 2 N–H and O–H groups in total. The van der Waals surface area contributed by atoms with Crippen LogP contribution in [0.4, 0.5) is 0 Å². The molecule has 1 saturated heterocycles. The molecule has 6 nitrogen and oxygen atoms in total. The van der Waals surface area contributed by atoms with Crippen LogP contribution in [0.5, 0.6) is 11.5 Å². The molecule has 1 heterocycles. The van der Waals surface area contributed by atoms with Crippen LogP contribution >= 0.6 is 24.0 Å². The molecular formula is C16H17NO5S2. The number of ether oxygens (including phenoxy) is 1. The third-order valence-corrected chi connectivity index (χ3v) is 4.78. The van der Waals surface area contributed by atoms with E-state index < -0.39 is 5.97 Å². The largest absolute Gasteiger partial charge is 0.504 e. The summed E-state index contributed by atoms with van der Waals surface area (Å²) in [6, 6.07) is 4.81. The number of carboxylic acid groups (broad SMARTS) is 1. The fourth-order valence-electron chi connectivity index (χ4n) is 2.17. The molecule has 24 heavy (non-hydrogen) atoms. The molecule has 2 rings (SSSR count). The van der Waals surface area contributed by atoms with Gasteiger partial charge in [0.1, 0.15) is 4.32 Å². The number of carbonyl (C=O) groups is 2. The highest BCUT2D eigenvalue weighted by molar-refractivity contribution is 8.26. The number of aromatic hydroxyl groups is 1. The van der Waals surface area contributed by atoms with Crippen molar-refractivity contribution in [2.24, 2.45) is 0 Å². The third kappa shape index (κ3) is 4.48. The number of phenols is 1. The van der Waals surface area contributed by atoms with Crippen molar-refractivity contribution in [3.8, 4) is 11.5 Å². The van der Waals surface area contributed by atoms with E-state index in [0.29, 0.717) is 34.4 Å². The standard InChI is InChI=1S/C16H17NO5S2/c1-22-12-8-10(5-6-11(12)18)9-13-15(21)17(16(23)24-13)7-3-2-4-14(19)20/h5-6,8-9,18H,2-4,7H2,1H3,(H,19,20)/b13-9+. The van der Waals surface area contributed by atoms with Crippen LogP contribution in [-0.2, 0) is 9.59 Å². The lowest BCUT2D eigenvalue weighted by Crippen LogP contribution is -2.29. The van der Waals surface area contributed by atoms with Gasteiger partial charge < -0.3 is 14.9 Å². The molecule has 0 spiro atoms. The van der Waals surface area contributed by atoms with Gasteiger partial charge in [-0.15, -0.1) is 0 Å². The molecule has 8 heteroatoms. The Labute approximate surface area is 149 Å². The lowest BCUT2D eigenvalue weighted by atomic mass is 10.2. The molecule has 0 atom stereocenters. The first-order valence-corrected chi connectivity index (χ1v) is 8.49. The van der Waals surface area contributed by atoms with E-state index in [2.05, 4.69) is 0 Å². The van der Waals surface area contributed by atoms with Crippen LogP contribution in [0.25, 0.3) is 6.08 Å². The zero-order chi connectivity index (χ0) is 17.7. The molecule has 1 fully saturated rings. The van der Waals surface area contributed by atoms with Gasteiger partial charge in [0.15, 0.2) is 11.5 Å². The van der Waals surface area contributed by atoms with Gasteiger partial charge in [-0.25, -0.2) is 0 Å². The monoisotopic (exact) mass is 367 g/mol. The van der Waals surface area contributed by atoms with Crippen LogP contribution in [0, 0.1) is 0 Å². The molecule has 1 amide bonds. The molecule has 0 aliphatic carbocycles. The number of thioether (sulfide) groups is 1. The molecule has 1 aliphatic rings. The van der Waals surface area contributed by atoms with E-state index in [9.17, 15) is 14.7 Å². The Balaban J connectivity index is 2.06. The molecule has 128 valence electrons. The van der Waals surface area contributed by atoms with Gasteiger partial charge in [0.25, 0.3) is 5.91 Å². The first-order valence-electron chi connectivity index (χ1n) is 7.26. The molecule has 0 saturated carbocycles. The summed E-state index contributed by atoms with van der Waals surface area (Å²) in [5, 5.41) is 18.2. The summed E-state index contributed by atoms with van der Waals surface area (Å²) in [6.45, 7) is 0.411. The van der Waals surface area contributed by atoms with E-state index in [-0.39, 0.29) is 18.1 Å². The minimum absolute atomic E-state index is 0.0284. The maximum Gasteiger partial charge on any atom is 0.303 e. The van der Waals surface area contributed by atoms with Crippen molar-refractivity contribution < 1.29 is 24.5 Å². The predicted molar refractivity (Wildman–Crippen MR) is 96.0 cm³/mol. The molecular weight excluding hydrogens is 350 g/mol. The Hall–Kier alpha value is -2.06. The van der Waals surface area contributed by atoms with Gasteiger partial charge in [0.05, 0.1) is 12.0 Å². The Morgan fingerprint density at radius 2 is 2.17 bits per heavy atom. The predicted octanol–water partition coefficient (Wildman–Crippen LogP) is 2.86. The van der Waals surface area contributed by atoms with Crippen LogP contribution in [0.15, 0.2) is 23.1 Å². The topological polar surface area (TPSA) is 87.1 Å². The van der Waals surface area contributed by atoms with Crippen LogP contribution < -0.4 is 4.74 Å². The summed E-state index contributed by atoms with van der Waals surface area (Å²) in [5.41, 5.74) is 0.719. The fourth-order valence-corrected chi connectivity index (χ4v) is 3.48. The number of aliphatic carboxylic acids is 1. The number of hydrogen-bond donors (Lipinski definition) is 2. The number of phenolic OH excluding ortho intramolecular Hbond substituents is 1. The van der Waals surface area contributed by atoms with E-state index in [1.165, 1.54) is 29.8 Å². The lowest BCUT2D eigenvalue weighted by Gasteiger charge is -2.13. The number of carbonyl (C=O) groups excluding carboxylic acids is 1. The second-order valence-corrected chi connectivity index (χ2v) is 6.79. The normalized spacial score (nSPS) is 16.0. The number of unbranched alkanes of at least 4 members (excludes halogenated alkanes) is 1. The number of amides is 1. The minimum Gasteiger partial charge on any atom is -0.504 e. The van der Waals surface area contributed by atoms with E-state index in [0.717, 1.165) is 5.56 Å². The molecule has 0 radical (unpaired) electrons. The minimum atomic E-state index is -0.846. The van der Waals surface area contributed by atoms with Crippen LogP contribution in [-0.4, -0.2) is 45.0 Å². The summed E-state index contributed by atoms with van der Waals surface area (Å²) in [7, 11) is 1.45. The molecule has 0 aromatic heterocycles. The highest BCUT2D eigenvalue weighted by atomic mass is 32.2. The lowest BCUT2D eigenvalue weighted by molar-refractivity contribution is -0.137. The van der Waals surface area contributed by atoms with Gasteiger partial charge in [0.2, 0.25) is 0 Å².